The molecule has 5 nitrogen and oxygen atoms in total. The minimum atomic E-state index is 0.426. The van der Waals surface area contributed by atoms with Gasteiger partial charge < -0.3 is 5.32 Å². The Morgan fingerprint density at radius 1 is 1.50 bits per heavy atom. The molecule has 0 saturated heterocycles. The molecule has 0 aliphatic rings. The quantitative estimate of drug-likeness (QED) is 0.863. The number of hydrogen-bond donors (Lipinski definition) is 1. The molecule has 1 N–H and O–H groups in total. The second-order valence-electron chi connectivity index (χ2n) is 2.60. The summed E-state index contributed by atoms with van der Waals surface area (Å²) in [6.45, 7) is 1.51. The zero-order chi connectivity index (χ0) is 9.80. The average Bonchev–Trinajstić information content (AvgIpc) is 2.78. The number of nitrogens with one attached hydrogen (secondary N) is 1. The van der Waals surface area contributed by atoms with Crippen molar-refractivity contribution in [2.45, 2.75) is 6.54 Å². The van der Waals surface area contributed by atoms with Gasteiger partial charge in [-0.25, -0.2) is 0 Å². The fraction of sp³-hybridized carbons (Fsp3) is 0.286. The molecule has 0 amide bonds. The molecule has 0 aliphatic heterocycles. The van der Waals surface area contributed by atoms with Crippen LogP contribution < -0.4 is 5.32 Å². The van der Waals surface area contributed by atoms with Crippen molar-refractivity contribution in [2.24, 2.45) is 0 Å². The number of nitrogens with zero attached hydrogens (tertiary/aromatic N) is 4. The smallest absolute Gasteiger partial charge is 0.186 e. The van der Waals surface area contributed by atoms with Gasteiger partial charge in [0.25, 0.3) is 0 Å². The maximum absolute atomic E-state index is 5.75. The van der Waals surface area contributed by atoms with Gasteiger partial charge in [0.15, 0.2) is 11.0 Å². The van der Waals surface area contributed by atoms with Crippen molar-refractivity contribution in [1.82, 2.24) is 18.5 Å². The molecule has 2 aromatic rings. The number of hydrogen-bond acceptors (Lipinski definition) is 5. The highest BCUT2D eigenvalue weighted by molar-refractivity contribution is 6.99. The van der Waals surface area contributed by atoms with Crippen LogP contribution >= 0.6 is 23.3 Å². The van der Waals surface area contributed by atoms with Gasteiger partial charge in [-0.15, -0.1) is 0 Å². The van der Waals surface area contributed by atoms with Crippen LogP contribution in [0.25, 0.3) is 0 Å². The molecule has 0 aliphatic carbocycles. The van der Waals surface area contributed by atoms with Crippen LogP contribution in [-0.2, 0) is 6.54 Å². The van der Waals surface area contributed by atoms with Gasteiger partial charge in [0.05, 0.1) is 18.3 Å². The van der Waals surface area contributed by atoms with Gasteiger partial charge in [0, 0.05) is 18.9 Å². The van der Waals surface area contributed by atoms with Crippen LogP contribution in [0.1, 0.15) is 0 Å². The molecule has 2 heterocycles. The minimum Gasteiger partial charge on any atom is -0.365 e. The summed E-state index contributed by atoms with van der Waals surface area (Å²) in [6, 6.07) is 1.89. The standard InChI is InChI=1S/C7H8ClN5S/c8-6-7(12-14-11-6)9-3-5-13-4-1-2-10-13/h1-2,4H,3,5H2,(H,9,12). The predicted molar refractivity (Wildman–Crippen MR) is 55.6 cm³/mol. The predicted octanol–water partition coefficient (Wildman–Crippen LogP) is 1.50. The van der Waals surface area contributed by atoms with E-state index in [9.17, 15) is 0 Å². The van der Waals surface area contributed by atoms with Crippen molar-refractivity contribution >= 4 is 29.1 Å². The lowest BCUT2D eigenvalue weighted by atomic mass is 10.6. The van der Waals surface area contributed by atoms with Crippen LogP contribution in [0, 0.1) is 0 Å². The highest BCUT2D eigenvalue weighted by Gasteiger charge is 2.02. The van der Waals surface area contributed by atoms with Gasteiger partial charge in [0.2, 0.25) is 0 Å². The molecule has 0 atom stereocenters. The van der Waals surface area contributed by atoms with Crippen LogP contribution in [-0.4, -0.2) is 25.1 Å². The van der Waals surface area contributed by atoms with Crippen molar-refractivity contribution in [3.8, 4) is 0 Å². The third-order valence-corrected chi connectivity index (χ3v) is 2.53. The Kier molecular flexibility index (Phi) is 2.95. The van der Waals surface area contributed by atoms with E-state index in [4.69, 9.17) is 11.6 Å². The molecular weight excluding hydrogens is 222 g/mol. The number of rotatable bonds is 4. The van der Waals surface area contributed by atoms with Gasteiger partial charge in [-0.3, -0.25) is 4.68 Å². The van der Waals surface area contributed by atoms with Gasteiger partial charge in [-0.1, -0.05) is 11.6 Å². The summed E-state index contributed by atoms with van der Waals surface area (Å²) in [4.78, 5) is 0. The van der Waals surface area contributed by atoms with Crippen LogP contribution in [0.15, 0.2) is 18.5 Å². The fourth-order valence-electron chi connectivity index (χ4n) is 1.00. The summed E-state index contributed by atoms with van der Waals surface area (Å²) in [7, 11) is 0. The first-order chi connectivity index (χ1) is 6.86. The third kappa shape index (κ3) is 2.21. The first-order valence-corrected chi connectivity index (χ1v) is 5.16. The molecule has 0 spiro atoms. The van der Waals surface area contributed by atoms with E-state index >= 15 is 0 Å². The monoisotopic (exact) mass is 229 g/mol. The number of anilines is 1. The Hall–Kier alpha value is -1.14. The maximum Gasteiger partial charge on any atom is 0.186 e. The Balaban J connectivity index is 1.81. The molecule has 0 saturated carbocycles. The molecule has 0 bridgehead atoms. The number of aromatic nitrogens is 4. The van der Waals surface area contributed by atoms with Gasteiger partial charge in [0.1, 0.15) is 0 Å². The summed E-state index contributed by atoms with van der Waals surface area (Å²) >= 11 is 6.85. The van der Waals surface area contributed by atoms with E-state index in [2.05, 4.69) is 19.2 Å². The zero-order valence-corrected chi connectivity index (χ0v) is 8.79. The molecule has 7 heteroatoms. The molecule has 0 fully saturated rings. The van der Waals surface area contributed by atoms with Crippen molar-refractivity contribution in [1.29, 1.82) is 0 Å². The zero-order valence-electron chi connectivity index (χ0n) is 7.22. The maximum atomic E-state index is 5.75. The molecule has 2 aromatic heterocycles. The fourth-order valence-corrected chi connectivity index (χ4v) is 1.69. The Labute approximate surface area is 90.0 Å². The highest BCUT2D eigenvalue weighted by Crippen LogP contribution is 2.17. The second-order valence-corrected chi connectivity index (χ2v) is 3.49. The van der Waals surface area contributed by atoms with Crippen LogP contribution in [0.5, 0.6) is 0 Å². The summed E-state index contributed by atoms with van der Waals surface area (Å²) in [6.07, 6.45) is 3.65. The van der Waals surface area contributed by atoms with E-state index in [0.717, 1.165) is 24.8 Å². The van der Waals surface area contributed by atoms with Crippen molar-refractivity contribution in [3.63, 3.8) is 0 Å². The van der Waals surface area contributed by atoms with Gasteiger partial charge >= 0.3 is 0 Å². The first-order valence-electron chi connectivity index (χ1n) is 4.05. The lowest BCUT2D eigenvalue weighted by Crippen LogP contribution is -2.11. The normalized spacial score (nSPS) is 10.4. The molecular formula is C7H8ClN5S. The summed E-state index contributed by atoms with van der Waals surface area (Å²) < 4.78 is 9.67. The second kappa shape index (κ2) is 4.39. The van der Waals surface area contributed by atoms with E-state index in [0.29, 0.717) is 11.0 Å². The van der Waals surface area contributed by atoms with Gasteiger partial charge in [-0.2, -0.15) is 13.8 Å². The third-order valence-electron chi connectivity index (χ3n) is 1.64. The van der Waals surface area contributed by atoms with E-state index in [1.165, 1.54) is 0 Å². The minimum absolute atomic E-state index is 0.426. The summed E-state index contributed by atoms with van der Waals surface area (Å²) in [5.41, 5.74) is 0. The van der Waals surface area contributed by atoms with E-state index in [1.807, 2.05) is 16.9 Å². The van der Waals surface area contributed by atoms with Crippen molar-refractivity contribution < 1.29 is 0 Å². The topological polar surface area (TPSA) is 55.6 Å². The molecule has 0 aromatic carbocycles. The average molecular weight is 230 g/mol. The van der Waals surface area contributed by atoms with Crippen LogP contribution in [0.2, 0.25) is 5.15 Å². The van der Waals surface area contributed by atoms with Gasteiger partial charge in [-0.05, 0) is 6.07 Å². The van der Waals surface area contributed by atoms with Crippen molar-refractivity contribution in [2.75, 3.05) is 11.9 Å². The molecule has 0 radical (unpaired) electrons. The summed E-state index contributed by atoms with van der Waals surface area (Å²) in [5.74, 6) is 0.642. The van der Waals surface area contributed by atoms with Crippen LogP contribution in [0.3, 0.4) is 0 Å². The Morgan fingerprint density at radius 2 is 2.43 bits per heavy atom. The molecule has 74 valence electrons. The molecule has 0 unspecified atom stereocenters. The lowest BCUT2D eigenvalue weighted by molar-refractivity contribution is 0.637. The number of halogens is 1. The molecule has 2 rings (SSSR count). The first kappa shape index (κ1) is 9.42. The Morgan fingerprint density at radius 3 is 3.07 bits per heavy atom. The van der Waals surface area contributed by atoms with Crippen molar-refractivity contribution in [3.05, 3.63) is 23.6 Å². The summed E-state index contributed by atoms with van der Waals surface area (Å²) in [5, 5.41) is 7.57. The lowest BCUT2D eigenvalue weighted by Gasteiger charge is -2.02. The Bertz CT molecular complexity index is 384. The van der Waals surface area contributed by atoms with Crippen LogP contribution in [0.4, 0.5) is 5.82 Å². The largest absolute Gasteiger partial charge is 0.365 e. The van der Waals surface area contributed by atoms with E-state index in [-0.39, 0.29) is 0 Å². The van der Waals surface area contributed by atoms with E-state index < -0.39 is 0 Å². The molecule has 14 heavy (non-hydrogen) atoms. The SMILES string of the molecule is Clc1nsnc1NCCn1cccn1. The highest BCUT2D eigenvalue weighted by atomic mass is 35.5. The van der Waals surface area contributed by atoms with E-state index in [1.54, 1.807) is 6.20 Å².